The lowest BCUT2D eigenvalue weighted by atomic mass is 10.1. The Hall–Kier alpha value is -0.920. The Morgan fingerprint density at radius 3 is 2.22 bits per heavy atom. The van der Waals surface area contributed by atoms with Gasteiger partial charge in [0.05, 0.1) is 6.61 Å². The van der Waals surface area contributed by atoms with Crippen LogP contribution in [0.2, 0.25) is 0 Å². The zero-order valence-electron chi connectivity index (χ0n) is 9.86. The molecule has 0 atom stereocenters. The Kier molecular flexibility index (Phi) is 7.12. The summed E-state index contributed by atoms with van der Waals surface area (Å²) in [4.78, 5) is 19.4. The number of rotatable bonds is 8. The third-order valence-corrected chi connectivity index (χ3v) is 1.99. The van der Waals surface area contributed by atoms with Crippen LogP contribution >= 0.6 is 0 Å². The van der Waals surface area contributed by atoms with Gasteiger partial charge in [-0.15, -0.1) is 0 Å². The van der Waals surface area contributed by atoms with Crippen LogP contribution in [-0.2, 0) is 14.6 Å². The van der Waals surface area contributed by atoms with Crippen molar-refractivity contribution in [1.29, 1.82) is 0 Å². The molecule has 108 valence electrons. The molecule has 0 aliphatic rings. The van der Waals surface area contributed by atoms with Crippen molar-refractivity contribution in [3.8, 4) is 0 Å². The van der Waals surface area contributed by atoms with Gasteiger partial charge in [0.25, 0.3) is 0 Å². The largest absolute Gasteiger partial charge is 0.453 e. The van der Waals surface area contributed by atoms with Gasteiger partial charge >= 0.3 is 18.1 Å². The summed E-state index contributed by atoms with van der Waals surface area (Å²) in [6, 6.07) is 0. The normalized spacial score (nSPS) is 12.6. The maximum absolute atomic E-state index is 12.4. The lowest BCUT2D eigenvalue weighted by Crippen LogP contribution is -2.36. The first kappa shape index (κ1) is 17.1. The van der Waals surface area contributed by atoms with E-state index in [2.05, 4.69) is 9.78 Å². The van der Waals surface area contributed by atoms with E-state index in [9.17, 15) is 26.7 Å². The second-order valence-electron chi connectivity index (χ2n) is 3.69. The fraction of sp³-hybridized carbons (Fsp3) is 0.900. The molecule has 0 N–H and O–H groups in total. The summed E-state index contributed by atoms with van der Waals surface area (Å²) in [7, 11) is 0. The Balaban J connectivity index is 3.60. The van der Waals surface area contributed by atoms with Gasteiger partial charge in [0.2, 0.25) is 0 Å². The Labute approximate surface area is 101 Å². The van der Waals surface area contributed by atoms with Crippen LogP contribution in [0.15, 0.2) is 0 Å². The number of alkyl halides is 5. The van der Waals surface area contributed by atoms with Crippen molar-refractivity contribution >= 4 is 5.97 Å². The first-order valence-corrected chi connectivity index (χ1v) is 5.47. The second kappa shape index (κ2) is 7.50. The van der Waals surface area contributed by atoms with Crippen LogP contribution in [0.25, 0.3) is 0 Å². The SMILES string of the molecule is CCCC(=O)OOCCCCC(F)(F)C(F)(F)F. The standard InChI is InChI=1S/C10H15F5O3/c1-2-5-8(16)18-17-7-4-3-6-9(11,12)10(13,14)15/h2-7H2,1H3. The monoisotopic (exact) mass is 278 g/mol. The van der Waals surface area contributed by atoms with Gasteiger partial charge in [0, 0.05) is 12.8 Å². The summed E-state index contributed by atoms with van der Waals surface area (Å²) in [6.45, 7) is 1.55. The molecule has 0 aliphatic heterocycles. The predicted molar refractivity (Wildman–Crippen MR) is 51.8 cm³/mol. The number of carbonyl (C=O) groups excluding carboxylic acids is 1. The van der Waals surface area contributed by atoms with E-state index in [4.69, 9.17) is 0 Å². The quantitative estimate of drug-likeness (QED) is 0.294. The molecule has 0 saturated heterocycles. The summed E-state index contributed by atoms with van der Waals surface area (Å²) in [5, 5.41) is 0. The van der Waals surface area contributed by atoms with Crippen molar-refractivity contribution in [3.63, 3.8) is 0 Å². The summed E-state index contributed by atoms with van der Waals surface area (Å²) in [5.41, 5.74) is 0. The molecular formula is C10H15F5O3. The molecule has 0 aliphatic carbocycles. The van der Waals surface area contributed by atoms with E-state index in [1.54, 1.807) is 6.92 Å². The fourth-order valence-corrected chi connectivity index (χ4v) is 1.00. The smallest absolute Gasteiger partial charge is 0.298 e. The van der Waals surface area contributed by atoms with Gasteiger partial charge in [-0.1, -0.05) is 6.92 Å². The highest BCUT2D eigenvalue weighted by molar-refractivity contribution is 5.68. The van der Waals surface area contributed by atoms with Gasteiger partial charge in [-0.05, 0) is 19.3 Å². The Morgan fingerprint density at radius 2 is 1.72 bits per heavy atom. The fourth-order valence-electron chi connectivity index (χ4n) is 1.00. The van der Waals surface area contributed by atoms with Crippen LogP contribution < -0.4 is 0 Å². The van der Waals surface area contributed by atoms with Crippen LogP contribution in [0.1, 0.15) is 39.0 Å². The number of hydrogen-bond donors (Lipinski definition) is 0. The molecule has 0 amide bonds. The van der Waals surface area contributed by atoms with Gasteiger partial charge in [-0.2, -0.15) is 26.8 Å². The molecule has 3 nitrogen and oxygen atoms in total. The number of hydrogen-bond acceptors (Lipinski definition) is 3. The van der Waals surface area contributed by atoms with Crippen molar-refractivity contribution < 1.29 is 36.5 Å². The van der Waals surface area contributed by atoms with Crippen LogP contribution in [-0.4, -0.2) is 24.7 Å². The lowest BCUT2D eigenvalue weighted by Gasteiger charge is -2.18. The van der Waals surface area contributed by atoms with Crippen molar-refractivity contribution in [2.75, 3.05) is 6.61 Å². The molecule has 0 unspecified atom stereocenters. The molecule has 0 bridgehead atoms. The van der Waals surface area contributed by atoms with Gasteiger partial charge in [-0.3, -0.25) is 4.89 Å². The zero-order chi connectivity index (χ0) is 14.2. The van der Waals surface area contributed by atoms with Crippen molar-refractivity contribution in [1.82, 2.24) is 0 Å². The number of halogens is 5. The molecule has 0 aromatic heterocycles. The Bertz CT molecular complexity index is 252. The highest BCUT2D eigenvalue weighted by Gasteiger charge is 2.56. The van der Waals surface area contributed by atoms with Crippen LogP contribution in [0.4, 0.5) is 22.0 Å². The van der Waals surface area contributed by atoms with E-state index < -0.39 is 24.5 Å². The van der Waals surface area contributed by atoms with Crippen LogP contribution in [0, 0.1) is 0 Å². The first-order valence-electron chi connectivity index (χ1n) is 5.47. The van der Waals surface area contributed by atoms with Crippen molar-refractivity contribution in [2.45, 2.75) is 51.1 Å². The zero-order valence-corrected chi connectivity index (χ0v) is 9.86. The van der Waals surface area contributed by atoms with Crippen LogP contribution in [0.3, 0.4) is 0 Å². The number of carbonyl (C=O) groups is 1. The molecule has 0 radical (unpaired) electrons. The van der Waals surface area contributed by atoms with Gasteiger partial charge < -0.3 is 0 Å². The molecule has 0 saturated carbocycles. The molecule has 18 heavy (non-hydrogen) atoms. The van der Waals surface area contributed by atoms with E-state index >= 15 is 0 Å². The Morgan fingerprint density at radius 1 is 1.11 bits per heavy atom. The molecule has 0 aromatic carbocycles. The molecular weight excluding hydrogens is 263 g/mol. The first-order chi connectivity index (χ1) is 8.20. The summed E-state index contributed by atoms with van der Waals surface area (Å²) < 4.78 is 60.1. The highest BCUT2D eigenvalue weighted by Crippen LogP contribution is 2.38. The second-order valence-corrected chi connectivity index (χ2v) is 3.69. The minimum absolute atomic E-state index is 0.0505. The molecule has 0 spiro atoms. The van der Waals surface area contributed by atoms with Crippen molar-refractivity contribution in [3.05, 3.63) is 0 Å². The minimum atomic E-state index is -5.53. The van der Waals surface area contributed by atoms with Gasteiger partial charge in [-0.25, -0.2) is 4.79 Å². The average Bonchev–Trinajstić information content (AvgIpc) is 2.21. The summed E-state index contributed by atoms with van der Waals surface area (Å²) in [5.74, 6) is -5.29. The summed E-state index contributed by atoms with van der Waals surface area (Å²) >= 11 is 0. The maximum atomic E-state index is 12.4. The van der Waals surface area contributed by atoms with E-state index in [-0.39, 0.29) is 25.9 Å². The number of unbranched alkanes of at least 4 members (excludes halogenated alkanes) is 1. The summed E-state index contributed by atoms with van der Waals surface area (Å²) in [6.07, 6.45) is -6.53. The third kappa shape index (κ3) is 6.73. The molecule has 0 heterocycles. The van der Waals surface area contributed by atoms with E-state index in [1.165, 1.54) is 0 Å². The molecule has 0 fully saturated rings. The average molecular weight is 278 g/mol. The van der Waals surface area contributed by atoms with E-state index in [0.29, 0.717) is 6.42 Å². The van der Waals surface area contributed by atoms with E-state index in [1.807, 2.05) is 0 Å². The van der Waals surface area contributed by atoms with Gasteiger partial charge in [0.15, 0.2) is 0 Å². The lowest BCUT2D eigenvalue weighted by molar-refractivity contribution is -0.286. The van der Waals surface area contributed by atoms with Gasteiger partial charge in [0.1, 0.15) is 0 Å². The minimum Gasteiger partial charge on any atom is -0.298 e. The highest BCUT2D eigenvalue weighted by atomic mass is 19.4. The van der Waals surface area contributed by atoms with Crippen LogP contribution in [0.5, 0.6) is 0 Å². The maximum Gasteiger partial charge on any atom is 0.453 e. The molecule has 0 aromatic rings. The predicted octanol–water partition coefficient (Wildman–Crippen LogP) is 3.63. The molecule has 8 heteroatoms. The van der Waals surface area contributed by atoms with Crippen molar-refractivity contribution in [2.24, 2.45) is 0 Å². The topological polar surface area (TPSA) is 35.5 Å². The third-order valence-electron chi connectivity index (χ3n) is 1.99. The van der Waals surface area contributed by atoms with E-state index in [0.717, 1.165) is 0 Å². The molecule has 0 rings (SSSR count).